The summed E-state index contributed by atoms with van der Waals surface area (Å²) in [4.78, 5) is 31.3. The zero-order valence-corrected chi connectivity index (χ0v) is 19.5. The summed E-state index contributed by atoms with van der Waals surface area (Å²) in [6.45, 7) is 0.737. The van der Waals surface area contributed by atoms with Crippen LogP contribution in [-0.2, 0) is 0 Å². The summed E-state index contributed by atoms with van der Waals surface area (Å²) in [5.74, 6) is 1.44. The molecule has 5 nitrogen and oxygen atoms in total. The molecule has 1 N–H and O–H groups in total. The van der Waals surface area contributed by atoms with E-state index >= 15 is 0 Å². The molecule has 2 aromatic carbocycles. The molecule has 32 heavy (non-hydrogen) atoms. The van der Waals surface area contributed by atoms with Crippen molar-refractivity contribution in [1.82, 2.24) is 19.9 Å². The van der Waals surface area contributed by atoms with Gasteiger partial charge in [0, 0.05) is 17.4 Å². The van der Waals surface area contributed by atoms with Crippen molar-refractivity contribution >= 4 is 40.0 Å². The minimum absolute atomic E-state index is 0.0278. The fourth-order valence-electron chi connectivity index (χ4n) is 4.55. The van der Waals surface area contributed by atoms with E-state index in [1.54, 1.807) is 23.1 Å². The van der Waals surface area contributed by atoms with Crippen LogP contribution in [0.2, 0.25) is 0 Å². The minimum Gasteiger partial charge on any atom is -0.340 e. The van der Waals surface area contributed by atoms with Gasteiger partial charge in [-0.3, -0.25) is 4.79 Å². The number of nitrogens with zero attached hydrogens (tertiary/aromatic N) is 3. The first-order chi connectivity index (χ1) is 15.7. The molecular weight excluding hydrogens is 436 g/mol. The van der Waals surface area contributed by atoms with E-state index in [-0.39, 0.29) is 11.9 Å². The third kappa shape index (κ3) is 3.44. The van der Waals surface area contributed by atoms with Crippen LogP contribution in [0.25, 0.3) is 21.5 Å². The highest BCUT2D eigenvalue weighted by Crippen LogP contribution is 2.45. The monoisotopic (exact) mass is 460 g/mol. The first kappa shape index (κ1) is 20.0. The normalized spacial score (nSPS) is 18.5. The zero-order valence-electron chi connectivity index (χ0n) is 17.9. The van der Waals surface area contributed by atoms with Gasteiger partial charge in [-0.1, -0.05) is 36.4 Å². The Morgan fingerprint density at radius 2 is 1.94 bits per heavy atom. The SMILES string of the molecule is CSc1cccc2[nH]c([C@@H]3CCCN3C(=O)c3nc(C4CC4)sc3-c3ccccc3)nc12. The van der Waals surface area contributed by atoms with Gasteiger partial charge in [-0.25, -0.2) is 9.97 Å². The average Bonchev–Trinajstić information content (AvgIpc) is 3.24. The maximum Gasteiger partial charge on any atom is 0.274 e. The molecule has 1 amide bonds. The summed E-state index contributed by atoms with van der Waals surface area (Å²) in [6, 6.07) is 16.4. The molecule has 1 aliphatic carbocycles. The molecule has 0 spiro atoms. The number of nitrogens with one attached hydrogen (secondary N) is 1. The minimum atomic E-state index is -0.0423. The second-order valence-corrected chi connectivity index (χ2v) is 10.4. The van der Waals surface area contributed by atoms with Gasteiger partial charge in [0.25, 0.3) is 5.91 Å². The number of amides is 1. The Balaban J connectivity index is 1.38. The van der Waals surface area contributed by atoms with Gasteiger partial charge in [-0.05, 0) is 49.6 Å². The Bertz CT molecular complexity index is 1290. The van der Waals surface area contributed by atoms with Crippen LogP contribution in [-0.4, -0.2) is 38.6 Å². The Kier molecular flexibility index (Phi) is 5.03. The number of hydrogen-bond acceptors (Lipinski definition) is 5. The van der Waals surface area contributed by atoms with E-state index in [0.717, 1.165) is 56.6 Å². The van der Waals surface area contributed by atoms with Crippen LogP contribution in [0.5, 0.6) is 0 Å². The lowest BCUT2D eigenvalue weighted by atomic mass is 10.1. The van der Waals surface area contributed by atoms with E-state index in [1.807, 2.05) is 23.1 Å². The largest absolute Gasteiger partial charge is 0.340 e. The van der Waals surface area contributed by atoms with Gasteiger partial charge in [-0.2, -0.15) is 0 Å². The molecule has 6 rings (SSSR count). The van der Waals surface area contributed by atoms with Crippen molar-refractivity contribution in [2.75, 3.05) is 12.8 Å². The number of thioether (sulfide) groups is 1. The Morgan fingerprint density at radius 3 is 2.72 bits per heavy atom. The number of likely N-dealkylation sites (tertiary alicyclic amines) is 1. The van der Waals surface area contributed by atoms with Crippen molar-refractivity contribution in [3.05, 3.63) is 65.1 Å². The predicted molar refractivity (Wildman–Crippen MR) is 130 cm³/mol. The zero-order chi connectivity index (χ0) is 21.7. The molecule has 2 aliphatic rings. The predicted octanol–water partition coefficient (Wildman–Crippen LogP) is 6.26. The third-order valence-electron chi connectivity index (χ3n) is 6.35. The van der Waals surface area contributed by atoms with Gasteiger partial charge in [-0.15, -0.1) is 23.1 Å². The van der Waals surface area contributed by atoms with Gasteiger partial charge in [0.05, 0.1) is 21.4 Å². The second-order valence-electron chi connectivity index (χ2n) is 8.51. The molecule has 1 atom stereocenters. The number of para-hydroxylation sites is 1. The molecule has 3 heterocycles. The first-order valence-electron chi connectivity index (χ1n) is 11.1. The Hall–Kier alpha value is -2.64. The number of carbonyl (C=O) groups is 1. The average molecular weight is 461 g/mol. The lowest BCUT2D eigenvalue weighted by molar-refractivity contribution is 0.0726. The number of thiazole rings is 1. The number of rotatable bonds is 5. The number of benzene rings is 2. The quantitative estimate of drug-likeness (QED) is 0.357. The van der Waals surface area contributed by atoms with E-state index in [9.17, 15) is 4.79 Å². The smallest absolute Gasteiger partial charge is 0.274 e. The molecule has 0 unspecified atom stereocenters. The molecule has 7 heteroatoms. The highest BCUT2D eigenvalue weighted by Gasteiger charge is 2.37. The van der Waals surface area contributed by atoms with Crippen molar-refractivity contribution in [2.45, 2.75) is 42.5 Å². The highest BCUT2D eigenvalue weighted by molar-refractivity contribution is 7.98. The molecule has 1 saturated carbocycles. The van der Waals surface area contributed by atoms with Gasteiger partial charge in [0.2, 0.25) is 0 Å². The van der Waals surface area contributed by atoms with Crippen LogP contribution in [0.3, 0.4) is 0 Å². The molecule has 0 radical (unpaired) electrons. The van der Waals surface area contributed by atoms with Crippen LogP contribution in [0, 0.1) is 0 Å². The molecule has 1 aliphatic heterocycles. The van der Waals surface area contributed by atoms with E-state index in [1.165, 1.54) is 12.8 Å². The van der Waals surface area contributed by atoms with Crippen molar-refractivity contribution in [3.8, 4) is 10.4 Å². The maximum atomic E-state index is 13.8. The number of carbonyl (C=O) groups excluding carboxylic acids is 1. The number of aromatic amines is 1. The van der Waals surface area contributed by atoms with Crippen LogP contribution >= 0.6 is 23.1 Å². The third-order valence-corrected chi connectivity index (χ3v) is 8.39. The fourth-order valence-corrected chi connectivity index (χ4v) is 6.34. The molecule has 2 fully saturated rings. The summed E-state index contributed by atoms with van der Waals surface area (Å²) in [7, 11) is 0. The highest BCUT2D eigenvalue weighted by atomic mass is 32.2. The second kappa shape index (κ2) is 8.05. The lowest BCUT2D eigenvalue weighted by Gasteiger charge is -2.22. The van der Waals surface area contributed by atoms with E-state index < -0.39 is 0 Å². The summed E-state index contributed by atoms with van der Waals surface area (Å²) in [5, 5.41) is 1.11. The number of imidazole rings is 1. The lowest BCUT2D eigenvalue weighted by Crippen LogP contribution is -2.31. The van der Waals surface area contributed by atoms with Crippen LogP contribution in [0.1, 0.15) is 59.0 Å². The summed E-state index contributed by atoms with van der Waals surface area (Å²) in [6.07, 6.45) is 6.32. The van der Waals surface area contributed by atoms with Gasteiger partial charge in [0.1, 0.15) is 17.0 Å². The number of aromatic nitrogens is 3. The van der Waals surface area contributed by atoms with E-state index in [4.69, 9.17) is 9.97 Å². The molecule has 4 aromatic rings. The molecule has 1 saturated heterocycles. The first-order valence-corrected chi connectivity index (χ1v) is 13.2. The van der Waals surface area contributed by atoms with Crippen LogP contribution in [0.15, 0.2) is 53.4 Å². The van der Waals surface area contributed by atoms with Gasteiger partial charge >= 0.3 is 0 Å². The summed E-state index contributed by atoms with van der Waals surface area (Å²) < 4.78 is 0. The molecule has 162 valence electrons. The van der Waals surface area contributed by atoms with Crippen molar-refractivity contribution in [1.29, 1.82) is 0 Å². The molecular formula is C25H24N4OS2. The maximum absolute atomic E-state index is 13.8. The van der Waals surface area contributed by atoms with Crippen molar-refractivity contribution in [3.63, 3.8) is 0 Å². The topological polar surface area (TPSA) is 61.9 Å². The number of H-pyrrole nitrogens is 1. The fraction of sp³-hybridized carbons (Fsp3) is 0.320. The number of hydrogen-bond donors (Lipinski definition) is 1. The summed E-state index contributed by atoms with van der Waals surface area (Å²) in [5.41, 5.74) is 3.70. The van der Waals surface area contributed by atoms with Crippen LogP contribution in [0.4, 0.5) is 0 Å². The van der Waals surface area contributed by atoms with E-state index in [0.29, 0.717) is 11.6 Å². The summed E-state index contributed by atoms with van der Waals surface area (Å²) >= 11 is 3.39. The van der Waals surface area contributed by atoms with Crippen molar-refractivity contribution in [2.24, 2.45) is 0 Å². The molecule has 0 bridgehead atoms. The van der Waals surface area contributed by atoms with Gasteiger partial charge in [0.15, 0.2) is 0 Å². The Morgan fingerprint density at radius 1 is 1.09 bits per heavy atom. The van der Waals surface area contributed by atoms with E-state index in [2.05, 4.69) is 41.6 Å². The van der Waals surface area contributed by atoms with Crippen LogP contribution < -0.4 is 0 Å². The van der Waals surface area contributed by atoms with Gasteiger partial charge < -0.3 is 9.88 Å². The standard InChI is InChI=1S/C25H24N4OS2/c1-31-19-11-5-9-17-20(19)27-23(26-17)18-10-6-14-29(18)25(30)21-22(15-7-3-2-4-8-15)32-24(28-21)16-12-13-16/h2-5,7-9,11,16,18H,6,10,12-14H2,1H3,(H,26,27)/t18-/m0/s1. The van der Waals surface area contributed by atoms with Crippen molar-refractivity contribution < 1.29 is 4.79 Å². The number of fused-ring (bicyclic) bond motifs is 1. The Labute approximate surface area is 195 Å². The molecule has 2 aromatic heterocycles.